The van der Waals surface area contributed by atoms with E-state index in [4.69, 9.17) is 11.6 Å². The Morgan fingerprint density at radius 1 is 1.10 bits per heavy atom. The van der Waals surface area contributed by atoms with Gasteiger partial charge in [-0.2, -0.15) is 4.31 Å². The molecule has 1 saturated heterocycles. The molecule has 1 aromatic carbocycles. The molecule has 1 atom stereocenters. The fraction of sp³-hybridized carbons (Fsp3) is 0.600. The van der Waals surface area contributed by atoms with Crippen molar-refractivity contribution < 1.29 is 18.0 Å². The number of amides is 2. The molecule has 2 rings (SSSR count). The lowest BCUT2D eigenvalue weighted by atomic mass is 10.0. The Bertz CT molecular complexity index is 796. The van der Waals surface area contributed by atoms with Crippen molar-refractivity contribution in [3.63, 3.8) is 0 Å². The van der Waals surface area contributed by atoms with Gasteiger partial charge in [-0.3, -0.25) is 9.59 Å². The van der Waals surface area contributed by atoms with Crippen molar-refractivity contribution in [1.29, 1.82) is 0 Å². The van der Waals surface area contributed by atoms with Gasteiger partial charge in [0, 0.05) is 30.7 Å². The summed E-state index contributed by atoms with van der Waals surface area (Å²) in [7, 11) is -3.63. The highest BCUT2D eigenvalue weighted by molar-refractivity contribution is 7.89. The molecule has 1 aromatic rings. The van der Waals surface area contributed by atoms with Gasteiger partial charge in [0.15, 0.2) is 0 Å². The molecule has 0 spiro atoms. The summed E-state index contributed by atoms with van der Waals surface area (Å²) in [6.45, 7) is 5.23. The minimum absolute atomic E-state index is 0.211. The maximum Gasteiger partial charge on any atom is 0.309 e. The predicted molar refractivity (Wildman–Crippen MR) is 113 cm³/mol. The van der Waals surface area contributed by atoms with Crippen LogP contribution >= 0.6 is 11.6 Å². The Hall–Kier alpha value is -1.64. The van der Waals surface area contributed by atoms with Crippen molar-refractivity contribution >= 4 is 33.4 Å². The SMILES string of the molecule is CC(C)CCNC(=O)C(=O)NCCC1CCCCN1S(=O)(=O)c1ccc(Cl)cc1. The second kappa shape index (κ2) is 10.9. The van der Waals surface area contributed by atoms with Crippen molar-refractivity contribution in [3.05, 3.63) is 29.3 Å². The zero-order chi connectivity index (χ0) is 21.4. The maximum atomic E-state index is 13.0. The van der Waals surface area contributed by atoms with Gasteiger partial charge in [0.25, 0.3) is 0 Å². The van der Waals surface area contributed by atoms with E-state index < -0.39 is 21.8 Å². The second-order valence-electron chi connectivity index (χ2n) is 7.70. The zero-order valence-electron chi connectivity index (χ0n) is 17.0. The summed E-state index contributed by atoms with van der Waals surface area (Å²) < 4.78 is 27.5. The number of hydrogen-bond donors (Lipinski definition) is 2. The molecule has 29 heavy (non-hydrogen) atoms. The predicted octanol–water partition coefficient (Wildman–Crippen LogP) is 2.55. The third-order valence-corrected chi connectivity index (χ3v) is 7.19. The van der Waals surface area contributed by atoms with E-state index in [9.17, 15) is 18.0 Å². The van der Waals surface area contributed by atoms with Gasteiger partial charge in [-0.25, -0.2) is 8.42 Å². The fourth-order valence-electron chi connectivity index (χ4n) is 3.31. The van der Waals surface area contributed by atoms with Crippen molar-refractivity contribution in [3.8, 4) is 0 Å². The molecule has 1 heterocycles. The van der Waals surface area contributed by atoms with Gasteiger partial charge in [-0.05, 0) is 55.9 Å². The molecule has 2 amide bonds. The van der Waals surface area contributed by atoms with Gasteiger partial charge in [-0.15, -0.1) is 0 Å². The Morgan fingerprint density at radius 3 is 2.34 bits per heavy atom. The third kappa shape index (κ3) is 6.97. The van der Waals surface area contributed by atoms with E-state index in [1.165, 1.54) is 16.4 Å². The van der Waals surface area contributed by atoms with Crippen molar-refractivity contribution in [2.45, 2.75) is 56.9 Å². The lowest BCUT2D eigenvalue weighted by Gasteiger charge is -2.34. The Kier molecular flexibility index (Phi) is 8.92. The molecule has 9 heteroatoms. The molecule has 162 valence electrons. The molecule has 7 nitrogen and oxygen atoms in total. The van der Waals surface area contributed by atoms with Crippen LogP contribution in [-0.4, -0.2) is 50.2 Å². The van der Waals surface area contributed by atoms with E-state index in [0.717, 1.165) is 25.7 Å². The molecule has 1 unspecified atom stereocenters. The van der Waals surface area contributed by atoms with Crippen molar-refractivity contribution in [1.82, 2.24) is 14.9 Å². The van der Waals surface area contributed by atoms with Gasteiger partial charge in [-0.1, -0.05) is 31.9 Å². The average Bonchev–Trinajstić information content (AvgIpc) is 2.68. The standard InChI is InChI=1S/C20H30ClN3O4S/c1-15(2)10-12-22-19(25)20(26)23-13-11-17-5-3-4-14-24(17)29(27,28)18-8-6-16(21)7-9-18/h6-9,15,17H,3-5,10-14H2,1-2H3,(H,22,25)(H,23,26). The van der Waals surface area contributed by atoms with Crippen LogP contribution in [0.1, 0.15) is 46.0 Å². The largest absolute Gasteiger partial charge is 0.348 e. The molecule has 1 aliphatic heterocycles. The second-order valence-corrected chi connectivity index (χ2v) is 10.0. The first kappa shape index (κ1) is 23.6. The number of nitrogens with zero attached hydrogens (tertiary/aromatic N) is 1. The lowest BCUT2D eigenvalue weighted by Crippen LogP contribution is -2.46. The number of benzene rings is 1. The van der Waals surface area contributed by atoms with Crippen LogP contribution in [0.3, 0.4) is 0 Å². The van der Waals surface area contributed by atoms with E-state index >= 15 is 0 Å². The van der Waals surface area contributed by atoms with E-state index in [2.05, 4.69) is 10.6 Å². The molecule has 2 N–H and O–H groups in total. The zero-order valence-corrected chi connectivity index (χ0v) is 18.6. The summed E-state index contributed by atoms with van der Waals surface area (Å²) in [5, 5.41) is 5.67. The fourth-order valence-corrected chi connectivity index (χ4v) is 5.16. The molecule has 0 aromatic heterocycles. The van der Waals surface area contributed by atoms with Crippen LogP contribution in [0.4, 0.5) is 0 Å². The summed E-state index contributed by atoms with van der Waals surface area (Å²) in [6.07, 6.45) is 3.72. The topological polar surface area (TPSA) is 95.6 Å². The number of carbonyl (C=O) groups excluding carboxylic acids is 2. The molecule has 0 aliphatic carbocycles. The van der Waals surface area contributed by atoms with Crippen LogP contribution in [-0.2, 0) is 19.6 Å². The monoisotopic (exact) mass is 443 g/mol. The highest BCUT2D eigenvalue weighted by Gasteiger charge is 2.33. The van der Waals surface area contributed by atoms with Crippen LogP contribution in [0.5, 0.6) is 0 Å². The van der Waals surface area contributed by atoms with Crippen LogP contribution in [0.25, 0.3) is 0 Å². The lowest BCUT2D eigenvalue weighted by molar-refractivity contribution is -0.139. The summed E-state index contributed by atoms with van der Waals surface area (Å²) in [5.41, 5.74) is 0. The minimum Gasteiger partial charge on any atom is -0.348 e. The average molecular weight is 444 g/mol. The molecular formula is C20H30ClN3O4S. The van der Waals surface area contributed by atoms with Gasteiger partial charge in [0.2, 0.25) is 10.0 Å². The summed E-state index contributed by atoms with van der Waals surface area (Å²) in [5.74, 6) is -0.894. The Labute approximate surface area is 178 Å². The molecule has 0 radical (unpaired) electrons. The minimum atomic E-state index is -3.63. The smallest absolute Gasteiger partial charge is 0.309 e. The molecule has 1 fully saturated rings. The van der Waals surface area contributed by atoms with E-state index in [-0.39, 0.29) is 17.5 Å². The van der Waals surface area contributed by atoms with Gasteiger partial charge < -0.3 is 10.6 Å². The number of carbonyl (C=O) groups is 2. The number of piperidine rings is 1. The summed E-state index contributed by atoms with van der Waals surface area (Å²) >= 11 is 5.87. The van der Waals surface area contributed by atoms with Crippen LogP contribution < -0.4 is 10.6 Å². The first-order chi connectivity index (χ1) is 13.7. The molecule has 1 aliphatic rings. The highest BCUT2D eigenvalue weighted by Crippen LogP contribution is 2.27. The number of hydrogen-bond acceptors (Lipinski definition) is 4. The first-order valence-electron chi connectivity index (χ1n) is 10.0. The Morgan fingerprint density at radius 2 is 1.72 bits per heavy atom. The van der Waals surface area contributed by atoms with E-state index in [0.29, 0.717) is 30.5 Å². The normalized spacial score (nSPS) is 17.9. The van der Waals surface area contributed by atoms with E-state index in [1.54, 1.807) is 12.1 Å². The quantitative estimate of drug-likeness (QED) is 0.603. The van der Waals surface area contributed by atoms with E-state index in [1.807, 2.05) is 13.8 Å². The molecule has 0 saturated carbocycles. The first-order valence-corrected chi connectivity index (χ1v) is 11.9. The van der Waals surface area contributed by atoms with Gasteiger partial charge in [0.05, 0.1) is 4.90 Å². The molecule has 0 bridgehead atoms. The van der Waals surface area contributed by atoms with Crippen molar-refractivity contribution in [2.75, 3.05) is 19.6 Å². The number of rotatable bonds is 8. The number of halogens is 1. The number of nitrogens with one attached hydrogen (secondary N) is 2. The van der Waals surface area contributed by atoms with Gasteiger partial charge in [0.1, 0.15) is 0 Å². The Balaban J connectivity index is 1.90. The summed E-state index contributed by atoms with van der Waals surface area (Å²) in [6, 6.07) is 5.92. The summed E-state index contributed by atoms with van der Waals surface area (Å²) in [4.78, 5) is 23.9. The van der Waals surface area contributed by atoms with Crippen LogP contribution in [0.2, 0.25) is 5.02 Å². The highest BCUT2D eigenvalue weighted by atomic mass is 35.5. The van der Waals surface area contributed by atoms with Crippen molar-refractivity contribution in [2.24, 2.45) is 5.92 Å². The molecular weight excluding hydrogens is 414 g/mol. The van der Waals surface area contributed by atoms with Gasteiger partial charge >= 0.3 is 11.8 Å². The maximum absolute atomic E-state index is 13.0. The third-order valence-electron chi connectivity index (χ3n) is 4.97. The number of sulfonamides is 1. The van der Waals surface area contributed by atoms with Crippen LogP contribution in [0, 0.1) is 5.92 Å². The van der Waals surface area contributed by atoms with Crippen LogP contribution in [0.15, 0.2) is 29.2 Å².